The van der Waals surface area contributed by atoms with Crippen molar-refractivity contribution in [3.8, 4) is 11.5 Å². The lowest BCUT2D eigenvalue weighted by atomic mass is 9.81. The maximum absolute atomic E-state index is 11.4. The van der Waals surface area contributed by atoms with Crippen molar-refractivity contribution in [2.24, 2.45) is 5.10 Å². The molecule has 1 heterocycles. The molecule has 5 rings (SSSR count). The summed E-state index contributed by atoms with van der Waals surface area (Å²) >= 11 is 9.53. The molecule has 0 atom stereocenters. The third-order valence-electron chi connectivity index (χ3n) is 5.96. The summed E-state index contributed by atoms with van der Waals surface area (Å²) in [6.45, 7) is 3.44. The van der Waals surface area contributed by atoms with Gasteiger partial charge in [-0.2, -0.15) is 5.10 Å². The molecule has 1 aliphatic heterocycles. The Bertz CT molecular complexity index is 1140. The number of benzene rings is 3. The van der Waals surface area contributed by atoms with Crippen molar-refractivity contribution in [2.75, 3.05) is 63.6 Å². The van der Waals surface area contributed by atoms with Gasteiger partial charge in [-0.05, 0) is 35.4 Å². The second-order valence-corrected chi connectivity index (χ2v) is 9.22. The number of hydrazone groups is 1. The van der Waals surface area contributed by atoms with E-state index in [1.54, 1.807) is 0 Å². The van der Waals surface area contributed by atoms with Gasteiger partial charge in [0.1, 0.15) is 36.5 Å². The van der Waals surface area contributed by atoms with Gasteiger partial charge in [-0.15, -0.1) is 23.2 Å². The largest absolute Gasteiger partial charge is 0.490 e. The monoisotopic (exact) mass is 574 g/mol. The summed E-state index contributed by atoms with van der Waals surface area (Å²) in [5.41, 5.74) is 7.52. The third kappa shape index (κ3) is 7.85. The molecule has 0 amide bonds. The first-order chi connectivity index (χ1) is 19.2. The van der Waals surface area contributed by atoms with Crippen molar-refractivity contribution in [2.45, 2.75) is 6.10 Å². The number of halogens is 2. The lowest BCUT2D eigenvalue weighted by Gasteiger charge is -2.29. The molecule has 2 aliphatic rings. The second kappa shape index (κ2) is 15.7. The topological polar surface area (TPSA) is 90.8 Å². The molecule has 3 aromatic rings. The molecule has 8 nitrogen and oxygen atoms in total. The second-order valence-electron chi connectivity index (χ2n) is 8.42. The molecule has 10 heteroatoms. The molecule has 208 valence electrons. The van der Waals surface area contributed by atoms with Gasteiger partial charge in [-0.3, -0.25) is 5.43 Å². The highest BCUT2D eigenvalue weighted by atomic mass is 35.5. The number of para-hydroxylation sites is 1. The summed E-state index contributed by atoms with van der Waals surface area (Å²) in [5, 5.41) is 16.4. The van der Waals surface area contributed by atoms with Gasteiger partial charge in [0.15, 0.2) is 0 Å². The lowest BCUT2D eigenvalue weighted by Crippen LogP contribution is -2.24. The Hall–Kier alpha value is -2.85. The van der Waals surface area contributed by atoms with Crippen LogP contribution in [-0.2, 0) is 14.2 Å². The van der Waals surface area contributed by atoms with E-state index in [0.29, 0.717) is 70.1 Å². The minimum Gasteiger partial charge on any atom is -0.490 e. The quantitative estimate of drug-likeness (QED) is 0.321. The SMILES string of the molecule is ClCCl.OC1c2cccc3c2C(=NNc2ccccc2)c2c(cccc21)OCCOCCOCCOCCO3. The van der Waals surface area contributed by atoms with Crippen molar-refractivity contribution >= 4 is 34.6 Å². The Labute approximate surface area is 238 Å². The summed E-state index contributed by atoms with van der Waals surface area (Å²) < 4.78 is 29.1. The third-order valence-corrected chi connectivity index (χ3v) is 5.96. The van der Waals surface area contributed by atoms with Gasteiger partial charge in [0.05, 0.1) is 61.8 Å². The smallest absolute Gasteiger partial charge is 0.129 e. The average molecular weight is 575 g/mol. The number of aliphatic hydroxyl groups excluding tert-OH is 1. The van der Waals surface area contributed by atoms with E-state index >= 15 is 0 Å². The lowest BCUT2D eigenvalue weighted by molar-refractivity contribution is 0.00488. The molecule has 0 saturated carbocycles. The van der Waals surface area contributed by atoms with Crippen molar-refractivity contribution in [3.05, 3.63) is 89.0 Å². The molecular weight excluding hydrogens is 543 g/mol. The Morgan fingerprint density at radius 1 is 0.667 bits per heavy atom. The summed E-state index contributed by atoms with van der Waals surface area (Å²) in [6, 6.07) is 21.0. The predicted octanol–water partition coefficient (Wildman–Crippen LogP) is 5.19. The van der Waals surface area contributed by atoms with Gasteiger partial charge in [0.2, 0.25) is 0 Å². The zero-order valence-corrected chi connectivity index (χ0v) is 23.0. The predicted molar refractivity (Wildman–Crippen MR) is 153 cm³/mol. The minimum absolute atomic E-state index is 0.194. The standard InChI is InChI=1S/C28H30N2O6.CH2Cl2/c31-28-21-8-4-10-23-25(21)27(30-29-20-6-2-1-3-7-20)26-22(28)9-5-11-24(26)36-19-17-34-15-13-32-12-14-33-16-18-35-23;2-1-3/h1-11,28-29,31H,12-19H2;1H2. The van der Waals surface area contributed by atoms with Crippen LogP contribution in [0.3, 0.4) is 0 Å². The first kappa shape index (κ1) is 29.1. The van der Waals surface area contributed by atoms with Gasteiger partial charge in [-0.1, -0.05) is 42.5 Å². The zero-order chi connectivity index (χ0) is 27.3. The maximum atomic E-state index is 11.4. The van der Waals surface area contributed by atoms with Gasteiger partial charge < -0.3 is 28.8 Å². The van der Waals surface area contributed by atoms with Crippen LogP contribution in [0.1, 0.15) is 28.4 Å². The van der Waals surface area contributed by atoms with Crippen LogP contribution in [-0.4, -0.2) is 69.0 Å². The number of hydrogen-bond acceptors (Lipinski definition) is 8. The van der Waals surface area contributed by atoms with Crippen molar-refractivity contribution in [1.29, 1.82) is 0 Å². The van der Waals surface area contributed by atoms with Crippen LogP contribution < -0.4 is 14.9 Å². The molecule has 3 aromatic carbocycles. The summed E-state index contributed by atoms with van der Waals surface area (Å²) in [6.07, 6.45) is -0.854. The molecule has 2 bridgehead atoms. The minimum atomic E-state index is -0.854. The van der Waals surface area contributed by atoms with Crippen LogP contribution >= 0.6 is 23.2 Å². The van der Waals surface area contributed by atoms with Gasteiger partial charge in [0, 0.05) is 0 Å². The van der Waals surface area contributed by atoms with E-state index in [4.69, 9.17) is 52.0 Å². The first-order valence-electron chi connectivity index (χ1n) is 12.7. The Kier molecular flexibility index (Phi) is 11.7. The van der Waals surface area contributed by atoms with E-state index in [-0.39, 0.29) is 5.34 Å². The van der Waals surface area contributed by atoms with Gasteiger partial charge in [0.25, 0.3) is 0 Å². The fourth-order valence-corrected chi connectivity index (χ4v) is 4.30. The van der Waals surface area contributed by atoms with Crippen LogP contribution in [0, 0.1) is 0 Å². The molecular formula is C29H32Cl2N2O6. The van der Waals surface area contributed by atoms with Crippen LogP contribution in [0.15, 0.2) is 71.8 Å². The number of ether oxygens (including phenoxy) is 5. The summed E-state index contributed by atoms with van der Waals surface area (Å²) in [5.74, 6) is 1.23. The van der Waals surface area contributed by atoms with Crippen molar-refractivity contribution < 1.29 is 28.8 Å². The van der Waals surface area contributed by atoms with E-state index in [2.05, 4.69) is 5.43 Å². The molecule has 0 radical (unpaired) electrons. The fraction of sp³-hybridized carbons (Fsp3) is 0.345. The molecule has 1 aliphatic carbocycles. The Morgan fingerprint density at radius 2 is 1.13 bits per heavy atom. The van der Waals surface area contributed by atoms with E-state index in [0.717, 1.165) is 27.9 Å². The Morgan fingerprint density at radius 3 is 1.62 bits per heavy atom. The molecule has 0 fully saturated rings. The maximum Gasteiger partial charge on any atom is 0.129 e. The number of anilines is 1. The van der Waals surface area contributed by atoms with Crippen molar-refractivity contribution in [1.82, 2.24) is 0 Å². The van der Waals surface area contributed by atoms with E-state index < -0.39 is 6.10 Å². The average Bonchev–Trinajstić information content (AvgIpc) is 2.96. The summed E-state index contributed by atoms with van der Waals surface area (Å²) in [4.78, 5) is 0. The van der Waals surface area contributed by atoms with Crippen LogP contribution in [0.5, 0.6) is 11.5 Å². The van der Waals surface area contributed by atoms with Crippen LogP contribution in [0.25, 0.3) is 0 Å². The molecule has 0 aromatic heterocycles. The molecule has 39 heavy (non-hydrogen) atoms. The van der Waals surface area contributed by atoms with E-state index in [1.165, 1.54) is 0 Å². The first-order valence-corrected chi connectivity index (χ1v) is 13.8. The molecule has 0 saturated heterocycles. The van der Waals surface area contributed by atoms with Gasteiger partial charge >= 0.3 is 0 Å². The molecule has 0 unspecified atom stereocenters. The molecule has 2 N–H and O–H groups in total. The number of alkyl halides is 2. The van der Waals surface area contributed by atoms with Crippen LogP contribution in [0.4, 0.5) is 5.69 Å². The number of aliphatic hydroxyl groups is 1. The van der Waals surface area contributed by atoms with Gasteiger partial charge in [-0.25, -0.2) is 0 Å². The van der Waals surface area contributed by atoms with Crippen molar-refractivity contribution in [3.63, 3.8) is 0 Å². The Balaban J connectivity index is 0.00000112. The number of rotatable bonds is 2. The summed E-state index contributed by atoms with van der Waals surface area (Å²) in [7, 11) is 0. The fourth-order valence-electron chi connectivity index (χ4n) is 4.30. The number of nitrogens with one attached hydrogen (secondary N) is 1. The highest BCUT2D eigenvalue weighted by molar-refractivity contribution is 6.40. The number of nitrogens with zero attached hydrogens (tertiary/aromatic N) is 1. The van der Waals surface area contributed by atoms with E-state index in [9.17, 15) is 5.11 Å². The molecule has 0 spiro atoms. The number of hydrogen-bond donors (Lipinski definition) is 2. The zero-order valence-electron chi connectivity index (χ0n) is 21.5. The normalized spacial score (nSPS) is 17.7. The highest BCUT2D eigenvalue weighted by Gasteiger charge is 2.33. The van der Waals surface area contributed by atoms with E-state index in [1.807, 2.05) is 66.7 Å². The van der Waals surface area contributed by atoms with Crippen LogP contribution in [0.2, 0.25) is 0 Å². The highest BCUT2D eigenvalue weighted by Crippen LogP contribution is 2.42.